The molecule has 1 aliphatic heterocycles. The third-order valence-corrected chi connectivity index (χ3v) is 7.38. The zero-order valence-corrected chi connectivity index (χ0v) is 21.1. The molecule has 0 radical (unpaired) electrons. The van der Waals surface area contributed by atoms with Crippen molar-refractivity contribution in [2.75, 3.05) is 38.6 Å². The summed E-state index contributed by atoms with van der Waals surface area (Å²) in [7, 11) is 1.38. The second-order valence-electron chi connectivity index (χ2n) is 8.05. The van der Waals surface area contributed by atoms with E-state index in [-0.39, 0.29) is 11.0 Å². The van der Waals surface area contributed by atoms with Crippen LogP contribution in [0.3, 0.4) is 0 Å². The van der Waals surface area contributed by atoms with E-state index in [9.17, 15) is 9.18 Å². The first-order valence-corrected chi connectivity index (χ1v) is 12.5. The number of piperazine rings is 1. The summed E-state index contributed by atoms with van der Waals surface area (Å²) in [6.07, 6.45) is 0.732. The van der Waals surface area contributed by atoms with Gasteiger partial charge in [-0.25, -0.2) is 9.18 Å². The standard InChI is InChI=1S/C25H25ClFN3O2S2/c1-32-24(31)20-15-19(13-17-5-3-2-4-6-17)34-23(20)28-25(33)30-11-9-29(10-12-30)16-18-7-8-22(27)21(26)14-18/h2-8,14-15H,9-13,16H2,1H3,(H,28,33). The van der Waals surface area contributed by atoms with Gasteiger partial charge in [0.2, 0.25) is 0 Å². The molecule has 2 aromatic carbocycles. The smallest absolute Gasteiger partial charge is 0.340 e. The van der Waals surface area contributed by atoms with E-state index in [4.69, 9.17) is 28.6 Å². The Hall–Kier alpha value is -2.52. The van der Waals surface area contributed by atoms with Gasteiger partial charge in [0, 0.05) is 44.0 Å². The van der Waals surface area contributed by atoms with Gasteiger partial charge in [-0.2, -0.15) is 0 Å². The molecule has 4 rings (SSSR count). The molecule has 0 spiro atoms. The van der Waals surface area contributed by atoms with E-state index in [2.05, 4.69) is 27.2 Å². The SMILES string of the molecule is COC(=O)c1cc(Cc2ccccc2)sc1NC(=S)N1CCN(Cc2ccc(F)c(Cl)c2)CC1. The molecule has 0 bridgehead atoms. The van der Waals surface area contributed by atoms with Gasteiger partial charge in [-0.1, -0.05) is 48.0 Å². The summed E-state index contributed by atoms with van der Waals surface area (Å²) in [5.41, 5.74) is 2.65. The van der Waals surface area contributed by atoms with E-state index in [1.165, 1.54) is 30.1 Å². The number of thiophene rings is 1. The zero-order chi connectivity index (χ0) is 24.1. The fourth-order valence-electron chi connectivity index (χ4n) is 3.86. The van der Waals surface area contributed by atoms with Crippen molar-refractivity contribution >= 4 is 51.2 Å². The van der Waals surface area contributed by atoms with Gasteiger partial charge in [-0.3, -0.25) is 4.90 Å². The average Bonchev–Trinajstić information content (AvgIpc) is 3.24. The molecule has 1 fully saturated rings. The molecule has 9 heteroatoms. The van der Waals surface area contributed by atoms with Crippen molar-refractivity contribution in [2.24, 2.45) is 0 Å². The molecule has 1 aliphatic rings. The number of benzene rings is 2. The number of halogens is 2. The summed E-state index contributed by atoms with van der Waals surface area (Å²) < 4.78 is 18.4. The number of hydrogen-bond donors (Lipinski definition) is 1. The predicted octanol–water partition coefficient (Wildman–Crippen LogP) is 5.43. The minimum Gasteiger partial charge on any atom is -0.465 e. The number of nitrogens with zero attached hydrogens (tertiary/aromatic N) is 2. The third kappa shape index (κ3) is 6.13. The number of rotatable bonds is 6. The first-order valence-electron chi connectivity index (χ1n) is 10.9. The minimum atomic E-state index is -0.404. The van der Waals surface area contributed by atoms with Crippen molar-refractivity contribution in [1.29, 1.82) is 0 Å². The number of esters is 1. The van der Waals surface area contributed by atoms with Crippen molar-refractivity contribution in [3.8, 4) is 0 Å². The first kappa shape index (κ1) is 24.6. The van der Waals surface area contributed by atoms with Gasteiger partial charge >= 0.3 is 5.97 Å². The van der Waals surface area contributed by atoms with Crippen LogP contribution in [-0.2, 0) is 17.7 Å². The van der Waals surface area contributed by atoms with Gasteiger partial charge in [-0.05, 0) is 41.5 Å². The largest absolute Gasteiger partial charge is 0.465 e. The van der Waals surface area contributed by atoms with Crippen LogP contribution >= 0.6 is 35.2 Å². The second-order valence-corrected chi connectivity index (χ2v) is 9.98. The highest BCUT2D eigenvalue weighted by molar-refractivity contribution is 7.80. The molecule has 34 heavy (non-hydrogen) atoms. The van der Waals surface area contributed by atoms with Crippen LogP contribution in [0, 0.1) is 5.82 Å². The molecule has 2 heterocycles. The Morgan fingerprint density at radius 2 is 1.85 bits per heavy atom. The maximum atomic E-state index is 13.4. The summed E-state index contributed by atoms with van der Waals surface area (Å²) in [5.74, 6) is -0.790. The Morgan fingerprint density at radius 3 is 2.53 bits per heavy atom. The Bertz CT molecular complexity index is 1160. The van der Waals surface area contributed by atoms with Gasteiger partial charge in [0.15, 0.2) is 5.11 Å². The van der Waals surface area contributed by atoms with Gasteiger partial charge in [0.25, 0.3) is 0 Å². The lowest BCUT2D eigenvalue weighted by Crippen LogP contribution is -2.49. The summed E-state index contributed by atoms with van der Waals surface area (Å²) in [6, 6.07) is 16.8. The van der Waals surface area contributed by atoms with Gasteiger partial charge in [0.1, 0.15) is 10.8 Å². The van der Waals surface area contributed by atoms with E-state index in [0.717, 1.165) is 43.0 Å². The number of carbonyl (C=O) groups excluding carboxylic acids is 1. The van der Waals surface area contributed by atoms with E-state index < -0.39 is 5.82 Å². The van der Waals surface area contributed by atoms with Crippen molar-refractivity contribution in [2.45, 2.75) is 13.0 Å². The van der Waals surface area contributed by atoms with E-state index in [1.54, 1.807) is 12.1 Å². The Kier molecular flexibility index (Phi) is 8.15. The summed E-state index contributed by atoms with van der Waals surface area (Å²) in [4.78, 5) is 17.8. The molecule has 1 N–H and O–H groups in total. The Morgan fingerprint density at radius 1 is 1.12 bits per heavy atom. The highest BCUT2D eigenvalue weighted by atomic mass is 35.5. The van der Waals surface area contributed by atoms with E-state index in [1.807, 2.05) is 24.3 Å². The number of ether oxygens (including phenoxy) is 1. The fourth-order valence-corrected chi connectivity index (χ4v) is 5.49. The third-order valence-electron chi connectivity index (χ3n) is 5.68. The highest BCUT2D eigenvalue weighted by Gasteiger charge is 2.23. The number of anilines is 1. The van der Waals surface area contributed by atoms with Crippen LogP contribution < -0.4 is 5.32 Å². The molecular weight excluding hydrogens is 493 g/mol. The quantitative estimate of drug-likeness (QED) is 0.347. The Balaban J connectivity index is 1.37. The number of nitrogens with one attached hydrogen (secondary N) is 1. The van der Waals surface area contributed by atoms with Crippen molar-refractivity contribution in [3.05, 3.63) is 87.0 Å². The second kappa shape index (κ2) is 11.3. The maximum Gasteiger partial charge on any atom is 0.340 e. The molecule has 0 saturated carbocycles. The summed E-state index contributed by atoms with van der Waals surface area (Å²) in [6.45, 7) is 3.82. The monoisotopic (exact) mass is 517 g/mol. The van der Waals surface area contributed by atoms with E-state index in [0.29, 0.717) is 22.2 Å². The molecule has 1 saturated heterocycles. The number of carbonyl (C=O) groups is 1. The van der Waals surface area contributed by atoms with Gasteiger partial charge < -0.3 is 15.0 Å². The zero-order valence-electron chi connectivity index (χ0n) is 18.7. The molecule has 0 atom stereocenters. The highest BCUT2D eigenvalue weighted by Crippen LogP contribution is 2.31. The summed E-state index contributed by atoms with van der Waals surface area (Å²) in [5, 5.41) is 4.71. The predicted molar refractivity (Wildman–Crippen MR) is 139 cm³/mol. The maximum absolute atomic E-state index is 13.4. The van der Waals surface area contributed by atoms with Crippen LogP contribution in [0.5, 0.6) is 0 Å². The van der Waals surface area contributed by atoms with Crippen LogP contribution in [0.15, 0.2) is 54.6 Å². The van der Waals surface area contributed by atoms with Gasteiger partial charge in [0.05, 0.1) is 17.7 Å². The van der Waals surface area contributed by atoms with Crippen LogP contribution in [0.2, 0.25) is 5.02 Å². The minimum absolute atomic E-state index is 0.144. The number of methoxy groups -OCH3 is 1. The lowest BCUT2D eigenvalue weighted by atomic mass is 10.1. The molecule has 5 nitrogen and oxygen atoms in total. The van der Waals surface area contributed by atoms with Crippen LogP contribution in [0.1, 0.15) is 26.4 Å². The Labute approximate surface area is 213 Å². The van der Waals surface area contributed by atoms with Crippen LogP contribution in [0.4, 0.5) is 9.39 Å². The molecule has 1 aromatic heterocycles. The first-order chi connectivity index (χ1) is 16.4. The van der Waals surface area contributed by atoms with Crippen LogP contribution in [-0.4, -0.2) is 54.2 Å². The summed E-state index contributed by atoms with van der Waals surface area (Å²) >= 11 is 13.1. The number of thiocarbonyl (C=S) groups is 1. The normalized spacial score (nSPS) is 14.1. The van der Waals surface area contributed by atoms with Crippen molar-refractivity contribution < 1.29 is 13.9 Å². The molecule has 0 aliphatic carbocycles. The molecule has 178 valence electrons. The topological polar surface area (TPSA) is 44.8 Å². The molecule has 3 aromatic rings. The van der Waals surface area contributed by atoms with E-state index >= 15 is 0 Å². The van der Waals surface area contributed by atoms with Crippen molar-refractivity contribution in [1.82, 2.24) is 9.80 Å². The number of hydrogen-bond acceptors (Lipinski definition) is 5. The molecule has 0 unspecified atom stereocenters. The lowest BCUT2D eigenvalue weighted by molar-refractivity contribution is 0.0602. The lowest BCUT2D eigenvalue weighted by Gasteiger charge is -2.36. The molecule has 0 amide bonds. The van der Waals surface area contributed by atoms with Gasteiger partial charge in [-0.15, -0.1) is 11.3 Å². The average molecular weight is 518 g/mol. The van der Waals surface area contributed by atoms with Crippen molar-refractivity contribution in [3.63, 3.8) is 0 Å². The molecular formula is C25H25ClFN3O2S2. The van der Waals surface area contributed by atoms with Crippen LogP contribution in [0.25, 0.3) is 0 Å². The fraction of sp³-hybridized carbons (Fsp3) is 0.280.